The summed E-state index contributed by atoms with van der Waals surface area (Å²) in [5.74, 6) is 0.723. The van der Waals surface area contributed by atoms with Crippen LogP contribution in [0.25, 0.3) is 0 Å². The van der Waals surface area contributed by atoms with Gasteiger partial charge in [0.2, 0.25) is 15.9 Å². The van der Waals surface area contributed by atoms with Crippen molar-refractivity contribution in [2.45, 2.75) is 30.7 Å². The van der Waals surface area contributed by atoms with Crippen molar-refractivity contribution < 1.29 is 13.2 Å². The molecule has 1 unspecified atom stereocenters. The number of benzene rings is 2. The van der Waals surface area contributed by atoms with Gasteiger partial charge in [0.05, 0.1) is 11.4 Å². The summed E-state index contributed by atoms with van der Waals surface area (Å²) < 4.78 is 25.6. The molecule has 0 saturated heterocycles. The van der Waals surface area contributed by atoms with Crippen LogP contribution in [0.3, 0.4) is 0 Å². The third-order valence-corrected chi connectivity index (χ3v) is 6.92. The first-order valence-corrected chi connectivity index (χ1v) is 11.7. The van der Waals surface area contributed by atoms with E-state index in [1.807, 2.05) is 31.2 Å². The number of carbonyl (C=O) groups excluding carboxylic acids is 1. The molecule has 8 nitrogen and oxygen atoms in total. The summed E-state index contributed by atoms with van der Waals surface area (Å²) in [4.78, 5) is 16.9. The maximum atomic E-state index is 12.2. The van der Waals surface area contributed by atoms with E-state index >= 15 is 0 Å². The second kappa shape index (κ2) is 11.6. The fourth-order valence-corrected chi connectivity index (χ4v) is 4.30. The van der Waals surface area contributed by atoms with Crippen molar-refractivity contribution in [3.8, 4) is 0 Å². The second-order valence-corrected chi connectivity index (χ2v) is 9.70. The SMILES string of the molecule is CCNC(=NCc1ccc(S(=O)(=O)N(C)C)cc1)NCC1CC(=O)Nc2ccccc21.I. The molecule has 2 aromatic rings. The highest BCUT2D eigenvalue weighted by Gasteiger charge is 2.24. The molecule has 1 atom stereocenters. The zero-order valence-electron chi connectivity index (χ0n) is 18.5. The number of guanidine groups is 1. The highest BCUT2D eigenvalue weighted by molar-refractivity contribution is 14.0. The van der Waals surface area contributed by atoms with E-state index in [4.69, 9.17) is 0 Å². The van der Waals surface area contributed by atoms with E-state index < -0.39 is 10.0 Å². The van der Waals surface area contributed by atoms with Crippen LogP contribution in [0.5, 0.6) is 0 Å². The quantitative estimate of drug-likeness (QED) is 0.270. The summed E-state index contributed by atoms with van der Waals surface area (Å²) in [6.07, 6.45) is 0.422. The number of amides is 1. The van der Waals surface area contributed by atoms with Gasteiger partial charge in [0, 0.05) is 45.2 Å². The largest absolute Gasteiger partial charge is 0.357 e. The lowest BCUT2D eigenvalue weighted by Crippen LogP contribution is -2.40. The number of halogens is 1. The molecule has 1 amide bonds. The van der Waals surface area contributed by atoms with Crippen LogP contribution in [-0.4, -0.2) is 51.8 Å². The Morgan fingerprint density at radius 3 is 2.47 bits per heavy atom. The highest BCUT2D eigenvalue weighted by Crippen LogP contribution is 2.31. The molecular weight excluding hydrogens is 541 g/mol. The summed E-state index contributed by atoms with van der Waals surface area (Å²) in [5.41, 5.74) is 2.88. The number of rotatable bonds is 7. The Labute approximate surface area is 207 Å². The second-order valence-electron chi connectivity index (χ2n) is 7.54. The van der Waals surface area contributed by atoms with Crippen LogP contribution in [0, 0.1) is 0 Å². The number of fused-ring (bicyclic) bond motifs is 1. The van der Waals surface area contributed by atoms with Crippen molar-refractivity contribution in [1.29, 1.82) is 0 Å². The van der Waals surface area contributed by atoms with Crippen molar-refractivity contribution in [3.05, 3.63) is 59.7 Å². The minimum absolute atomic E-state index is 0. The van der Waals surface area contributed by atoms with Gasteiger partial charge in [-0.3, -0.25) is 4.79 Å². The summed E-state index contributed by atoms with van der Waals surface area (Å²) in [5, 5.41) is 9.46. The summed E-state index contributed by atoms with van der Waals surface area (Å²) in [6.45, 7) is 3.67. The summed E-state index contributed by atoms with van der Waals surface area (Å²) in [7, 11) is -0.423. The summed E-state index contributed by atoms with van der Waals surface area (Å²) >= 11 is 0. The normalized spacial score (nSPS) is 16.1. The van der Waals surface area contributed by atoms with E-state index in [-0.39, 0.29) is 40.7 Å². The number of nitrogens with one attached hydrogen (secondary N) is 3. The average Bonchev–Trinajstić information content (AvgIpc) is 2.75. The molecule has 0 fully saturated rings. The van der Waals surface area contributed by atoms with Crippen molar-refractivity contribution in [1.82, 2.24) is 14.9 Å². The van der Waals surface area contributed by atoms with Gasteiger partial charge in [-0.1, -0.05) is 30.3 Å². The predicted octanol–water partition coefficient (Wildman–Crippen LogP) is 2.74. The van der Waals surface area contributed by atoms with E-state index in [0.717, 1.165) is 16.8 Å². The Morgan fingerprint density at radius 2 is 1.81 bits per heavy atom. The van der Waals surface area contributed by atoms with E-state index in [2.05, 4.69) is 20.9 Å². The summed E-state index contributed by atoms with van der Waals surface area (Å²) in [6, 6.07) is 14.6. The lowest BCUT2D eigenvalue weighted by atomic mass is 9.90. The molecule has 3 rings (SSSR count). The molecule has 32 heavy (non-hydrogen) atoms. The Kier molecular flexibility index (Phi) is 9.47. The van der Waals surface area contributed by atoms with Crippen LogP contribution < -0.4 is 16.0 Å². The van der Waals surface area contributed by atoms with E-state index in [9.17, 15) is 13.2 Å². The Balaban J connectivity index is 0.00000363. The van der Waals surface area contributed by atoms with Crippen molar-refractivity contribution in [2.75, 3.05) is 32.5 Å². The molecule has 2 aromatic carbocycles. The van der Waals surface area contributed by atoms with Gasteiger partial charge in [-0.15, -0.1) is 24.0 Å². The number of carbonyl (C=O) groups is 1. The smallest absolute Gasteiger partial charge is 0.242 e. The minimum Gasteiger partial charge on any atom is -0.357 e. The molecular formula is C22H30IN5O3S. The topological polar surface area (TPSA) is 103 Å². The number of hydrogen-bond donors (Lipinski definition) is 3. The molecule has 1 aliphatic rings. The lowest BCUT2D eigenvalue weighted by Gasteiger charge is -2.26. The van der Waals surface area contributed by atoms with Gasteiger partial charge in [-0.05, 0) is 36.2 Å². The Bertz CT molecular complexity index is 1060. The molecule has 0 spiro atoms. The zero-order chi connectivity index (χ0) is 22.4. The van der Waals surface area contributed by atoms with Gasteiger partial charge < -0.3 is 16.0 Å². The Hall–Kier alpha value is -2.18. The molecule has 174 valence electrons. The van der Waals surface area contributed by atoms with Crippen LogP contribution in [0.4, 0.5) is 5.69 Å². The number of hydrogen-bond acceptors (Lipinski definition) is 4. The number of sulfonamides is 1. The monoisotopic (exact) mass is 571 g/mol. The average molecular weight is 571 g/mol. The van der Waals surface area contributed by atoms with Crippen LogP contribution >= 0.6 is 24.0 Å². The first-order chi connectivity index (χ1) is 14.8. The number of nitrogens with zero attached hydrogens (tertiary/aromatic N) is 2. The number of anilines is 1. The third kappa shape index (κ3) is 6.42. The Morgan fingerprint density at radius 1 is 1.12 bits per heavy atom. The van der Waals surface area contributed by atoms with Crippen LogP contribution in [0.2, 0.25) is 0 Å². The van der Waals surface area contributed by atoms with Gasteiger partial charge in [0.25, 0.3) is 0 Å². The molecule has 0 radical (unpaired) electrons. The fraction of sp³-hybridized carbons (Fsp3) is 0.364. The first kappa shape index (κ1) is 26.1. The molecule has 0 bridgehead atoms. The molecule has 0 saturated carbocycles. The van der Waals surface area contributed by atoms with Crippen molar-refractivity contribution in [3.63, 3.8) is 0 Å². The van der Waals surface area contributed by atoms with Gasteiger partial charge in [0.1, 0.15) is 0 Å². The minimum atomic E-state index is -3.44. The van der Waals surface area contributed by atoms with Crippen molar-refractivity contribution >= 4 is 51.6 Å². The number of para-hydroxylation sites is 1. The molecule has 0 aromatic heterocycles. The fourth-order valence-electron chi connectivity index (χ4n) is 3.39. The standard InChI is InChI=1S/C22H29N5O3S.HI/c1-4-23-22(24-14-16-9-11-18(12-10-16)31(29,30)27(2)3)25-15-17-13-21(28)26-20-8-6-5-7-19(17)20;/h5-12,17H,4,13-15H2,1-3H3,(H,26,28)(H2,23,24,25);1H. The van der Waals surface area contributed by atoms with Gasteiger partial charge in [-0.2, -0.15) is 0 Å². The highest BCUT2D eigenvalue weighted by atomic mass is 127. The molecule has 1 heterocycles. The zero-order valence-corrected chi connectivity index (χ0v) is 21.6. The van der Waals surface area contributed by atoms with E-state index in [1.165, 1.54) is 18.4 Å². The van der Waals surface area contributed by atoms with Crippen LogP contribution in [0.1, 0.15) is 30.4 Å². The van der Waals surface area contributed by atoms with Crippen LogP contribution in [0.15, 0.2) is 58.4 Å². The van der Waals surface area contributed by atoms with Crippen LogP contribution in [-0.2, 0) is 21.4 Å². The predicted molar refractivity (Wildman–Crippen MR) is 138 cm³/mol. The molecule has 0 aliphatic carbocycles. The van der Waals surface area contributed by atoms with E-state index in [1.54, 1.807) is 24.3 Å². The molecule has 1 aliphatic heterocycles. The van der Waals surface area contributed by atoms with E-state index in [0.29, 0.717) is 32.0 Å². The maximum absolute atomic E-state index is 12.2. The van der Waals surface area contributed by atoms with Gasteiger partial charge >= 0.3 is 0 Å². The van der Waals surface area contributed by atoms with Gasteiger partial charge in [-0.25, -0.2) is 17.7 Å². The molecule has 10 heteroatoms. The first-order valence-electron chi connectivity index (χ1n) is 10.2. The van der Waals surface area contributed by atoms with Crippen molar-refractivity contribution in [2.24, 2.45) is 4.99 Å². The lowest BCUT2D eigenvalue weighted by molar-refractivity contribution is -0.116. The molecule has 3 N–H and O–H groups in total. The number of aliphatic imine (C=N–C) groups is 1. The van der Waals surface area contributed by atoms with Gasteiger partial charge in [0.15, 0.2) is 5.96 Å². The maximum Gasteiger partial charge on any atom is 0.242 e. The third-order valence-electron chi connectivity index (χ3n) is 5.09.